The van der Waals surface area contributed by atoms with Crippen LogP contribution in [-0.4, -0.2) is 26.2 Å². The molecule has 0 saturated carbocycles. The van der Waals surface area contributed by atoms with Crippen molar-refractivity contribution in [1.29, 1.82) is 0 Å². The molecule has 1 aliphatic rings. The molecule has 118 valence electrons. The quantitative estimate of drug-likeness (QED) is 0.740. The van der Waals surface area contributed by atoms with Crippen molar-refractivity contribution in [2.75, 3.05) is 6.54 Å². The van der Waals surface area contributed by atoms with E-state index < -0.39 is 0 Å². The first-order valence-corrected chi connectivity index (χ1v) is 8.04. The van der Waals surface area contributed by atoms with E-state index in [2.05, 4.69) is 45.4 Å². The monoisotopic (exact) mass is 308 g/mol. The van der Waals surface area contributed by atoms with Crippen LogP contribution in [0.3, 0.4) is 0 Å². The van der Waals surface area contributed by atoms with Gasteiger partial charge >= 0.3 is 0 Å². The van der Waals surface area contributed by atoms with Gasteiger partial charge in [-0.2, -0.15) is 0 Å². The summed E-state index contributed by atoms with van der Waals surface area (Å²) in [6, 6.07) is 11.1. The fourth-order valence-corrected chi connectivity index (χ4v) is 3.30. The van der Waals surface area contributed by atoms with Gasteiger partial charge in [0.2, 0.25) is 0 Å². The van der Waals surface area contributed by atoms with Crippen molar-refractivity contribution >= 4 is 0 Å². The molecule has 0 radical (unpaired) electrons. The van der Waals surface area contributed by atoms with Crippen molar-refractivity contribution in [3.8, 4) is 5.69 Å². The lowest BCUT2D eigenvalue weighted by molar-refractivity contribution is 0.206. The highest BCUT2D eigenvalue weighted by molar-refractivity contribution is 5.34. The Morgan fingerprint density at radius 3 is 2.83 bits per heavy atom. The Bertz CT molecular complexity index is 761. The highest BCUT2D eigenvalue weighted by Gasteiger charge is 2.28. The van der Waals surface area contributed by atoms with Gasteiger partial charge in [-0.25, -0.2) is 4.98 Å². The molecule has 1 atom stereocenters. The predicted molar refractivity (Wildman–Crippen MR) is 87.2 cm³/mol. The summed E-state index contributed by atoms with van der Waals surface area (Å²) in [6.45, 7) is 4.02. The Morgan fingerprint density at radius 1 is 1.26 bits per heavy atom. The van der Waals surface area contributed by atoms with Gasteiger partial charge in [0, 0.05) is 30.7 Å². The van der Waals surface area contributed by atoms with Crippen LogP contribution >= 0.6 is 0 Å². The topological polar surface area (TPSA) is 47.1 Å². The molecular formula is C18H20N4O. The molecule has 0 N–H and O–H groups in total. The van der Waals surface area contributed by atoms with E-state index in [9.17, 15) is 0 Å². The minimum atomic E-state index is 0.351. The summed E-state index contributed by atoms with van der Waals surface area (Å²) in [5.74, 6) is 0.995. The van der Waals surface area contributed by atoms with Crippen LogP contribution < -0.4 is 0 Å². The van der Waals surface area contributed by atoms with Gasteiger partial charge in [-0.3, -0.25) is 4.90 Å². The summed E-state index contributed by atoms with van der Waals surface area (Å²) in [5.41, 5.74) is 3.41. The zero-order valence-electron chi connectivity index (χ0n) is 13.2. The summed E-state index contributed by atoms with van der Waals surface area (Å²) in [6.07, 6.45) is 7.91. The van der Waals surface area contributed by atoms with Crippen LogP contribution in [0.15, 0.2) is 53.6 Å². The van der Waals surface area contributed by atoms with Crippen LogP contribution in [0.1, 0.15) is 35.9 Å². The molecular weight excluding hydrogens is 288 g/mol. The fraction of sp³-hybridized carbons (Fsp3) is 0.333. The fourth-order valence-electron chi connectivity index (χ4n) is 3.30. The molecule has 0 bridgehead atoms. The number of nitrogens with zero attached hydrogens (tertiary/aromatic N) is 4. The number of aromatic nitrogens is 3. The van der Waals surface area contributed by atoms with Gasteiger partial charge in [0.15, 0.2) is 5.76 Å². The van der Waals surface area contributed by atoms with Crippen LogP contribution in [-0.2, 0) is 6.54 Å². The van der Waals surface area contributed by atoms with Crippen LogP contribution in [0.4, 0.5) is 0 Å². The molecule has 1 saturated heterocycles. The average Bonchev–Trinajstić information content (AvgIpc) is 3.29. The van der Waals surface area contributed by atoms with E-state index in [4.69, 9.17) is 4.52 Å². The van der Waals surface area contributed by atoms with E-state index in [0.29, 0.717) is 6.04 Å². The minimum Gasteiger partial charge on any atom is -0.359 e. The molecule has 23 heavy (non-hydrogen) atoms. The van der Waals surface area contributed by atoms with Crippen molar-refractivity contribution in [2.24, 2.45) is 0 Å². The molecule has 5 nitrogen and oxygen atoms in total. The smallest absolute Gasteiger partial charge is 0.154 e. The first-order valence-electron chi connectivity index (χ1n) is 8.04. The van der Waals surface area contributed by atoms with Crippen LogP contribution in [0.2, 0.25) is 0 Å². The lowest BCUT2D eigenvalue weighted by Gasteiger charge is -2.22. The van der Waals surface area contributed by atoms with Gasteiger partial charge in [-0.15, -0.1) is 0 Å². The molecule has 3 aromatic rings. The number of aryl methyl sites for hydroxylation is 1. The summed E-state index contributed by atoms with van der Waals surface area (Å²) in [5, 5.41) is 4.03. The second-order valence-corrected chi connectivity index (χ2v) is 6.14. The van der Waals surface area contributed by atoms with E-state index in [1.165, 1.54) is 12.0 Å². The normalized spacial score (nSPS) is 18.6. The molecule has 1 fully saturated rings. The number of benzene rings is 1. The molecule has 1 aliphatic heterocycles. The van der Waals surface area contributed by atoms with Gasteiger partial charge < -0.3 is 9.09 Å². The summed E-state index contributed by atoms with van der Waals surface area (Å²) >= 11 is 0. The Morgan fingerprint density at radius 2 is 2.13 bits per heavy atom. The summed E-state index contributed by atoms with van der Waals surface area (Å²) in [4.78, 5) is 6.57. The molecule has 0 aliphatic carbocycles. The van der Waals surface area contributed by atoms with Crippen LogP contribution in [0.25, 0.3) is 5.69 Å². The summed E-state index contributed by atoms with van der Waals surface area (Å²) in [7, 11) is 0. The molecule has 5 heteroatoms. The highest BCUT2D eigenvalue weighted by atomic mass is 16.5. The molecule has 2 aromatic heterocycles. The van der Waals surface area contributed by atoms with Gasteiger partial charge in [0.1, 0.15) is 0 Å². The summed E-state index contributed by atoms with van der Waals surface area (Å²) < 4.78 is 7.50. The van der Waals surface area contributed by atoms with E-state index in [0.717, 1.165) is 36.7 Å². The Hall–Kier alpha value is -2.40. The van der Waals surface area contributed by atoms with E-state index in [-0.39, 0.29) is 0 Å². The molecule has 0 amide bonds. The minimum absolute atomic E-state index is 0.351. The van der Waals surface area contributed by atoms with Crippen LogP contribution in [0.5, 0.6) is 0 Å². The van der Waals surface area contributed by atoms with E-state index in [1.54, 1.807) is 6.20 Å². The predicted octanol–water partition coefficient (Wildman–Crippen LogP) is 3.51. The third-order valence-corrected chi connectivity index (χ3v) is 4.46. The first-order chi connectivity index (χ1) is 11.3. The molecule has 0 unspecified atom stereocenters. The lowest BCUT2D eigenvalue weighted by Crippen LogP contribution is -2.22. The zero-order valence-corrected chi connectivity index (χ0v) is 13.2. The number of hydrogen-bond acceptors (Lipinski definition) is 4. The second-order valence-electron chi connectivity index (χ2n) is 6.14. The first kappa shape index (κ1) is 14.2. The van der Waals surface area contributed by atoms with Crippen molar-refractivity contribution in [2.45, 2.75) is 32.4 Å². The van der Waals surface area contributed by atoms with Crippen molar-refractivity contribution in [1.82, 2.24) is 19.6 Å². The lowest BCUT2D eigenvalue weighted by atomic mass is 10.1. The number of hydrogen-bond donors (Lipinski definition) is 0. The molecule has 4 rings (SSSR count). The Balaban J connectivity index is 1.49. The SMILES string of the molecule is Cc1cc([C@H]2CCCN2Cc2ccc(-n3ccnc3)cc2)on1. The van der Waals surface area contributed by atoms with Gasteiger partial charge in [-0.1, -0.05) is 17.3 Å². The number of rotatable bonds is 4. The number of likely N-dealkylation sites (tertiary alicyclic amines) is 1. The van der Waals surface area contributed by atoms with E-state index >= 15 is 0 Å². The molecule has 1 aromatic carbocycles. The Labute approximate surface area is 135 Å². The molecule has 3 heterocycles. The highest BCUT2D eigenvalue weighted by Crippen LogP contribution is 2.33. The van der Waals surface area contributed by atoms with Gasteiger partial charge in [-0.05, 0) is 44.0 Å². The van der Waals surface area contributed by atoms with E-state index in [1.807, 2.05) is 24.0 Å². The van der Waals surface area contributed by atoms with Crippen LogP contribution in [0, 0.1) is 6.92 Å². The largest absolute Gasteiger partial charge is 0.359 e. The van der Waals surface area contributed by atoms with Crippen molar-refractivity contribution in [3.05, 3.63) is 66.1 Å². The van der Waals surface area contributed by atoms with Gasteiger partial charge in [0.05, 0.1) is 18.1 Å². The molecule has 0 spiro atoms. The standard InChI is InChI=1S/C18H20N4O/c1-14-11-18(23-20-14)17-3-2-9-21(17)12-15-4-6-16(7-5-15)22-10-8-19-13-22/h4-8,10-11,13,17H,2-3,9,12H2,1H3/t17-/m1/s1. The third kappa shape index (κ3) is 2.92. The maximum absolute atomic E-state index is 5.48. The second kappa shape index (κ2) is 6.01. The zero-order chi connectivity index (χ0) is 15.6. The average molecular weight is 308 g/mol. The number of imidazole rings is 1. The van der Waals surface area contributed by atoms with Crippen molar-refractivity contribution < 1.29 is 4.52 Å². The maximum Gasteiger partial charge on any atom is 0.154 e. The maximum atomic E-state index is 5.48. The third-order valence-electron chi connectivity index (χ3n) is 4.46. The Kier molecular flexibility index (Phi) is 3.71. The van der Waals surface area contributed by atoms with Crippen molar-refractivity contribution in [3.63, 3.8) is 0 Å². The van der Waals surface area contributed by atoms with Gasteiger partial charge in [0.25, 0.3) is 0 Å².